The Kier molecular flexibility index (Phi) is 6.71. The van der Waals surface area contributed by atoms with E-state index in [0.29, 0.717) is 0 Å². The summed E-state index contributed by atoms with van der Waals surface area (Å²) in [6.07, 6.45) is 1.06. The maximum Gasteiger partial charge on any atom is 0.135 e. The molecular formula is C15H28N4O. The van der Waals surface area contributed by atoms with E-state index in [4.69, 9.17) is 0 Å². The number of hydrogen-bond acceptors (Lipinski definition) is 5. The van der Waals surface area contributed by atoms with Gasteiger partial charge in [-0.25, -0.2) is 9.97 Å². The van der Waals surface area contributed by atoms with Crippen molar-refractivity contribution < 1.29 is 5.11 Å². The third-order valence-electron chi connectivity index (χ3n) is 3.33. The van der Waals surface area contributed by atoms with Gasteiger partial charge in [0, 0.05) is 31.2 Å². The standard InChI is InChI=1S/C15H28N4O/c1-6-7-16-13-8-14(17-12(5)11(4)9-20)19-15(18-13)10(2)3/h8,10-12,20H,6-7,9H2,1-5H3,(H2,16,17,18,19). The summed E-state index contributed by atoms with van der Waals surface area (Å²) in [4.78, 5) is 9.08. The van der Waals surface area contributed by atoms with E-state index in [1.165, 1.54) is 0 Å². The molecule has 0 saturated heterocycles. The van der Waals surface area contributed by atoms with Crippen LogP contribution < -0.4 is 10.6 Å². The zero-order valence-corrected chi connectivity index (χ0v) is 13.3. The van der Waals surface area contributed by atoms with E-state index in [1.54, 1.807) is 0 Å². The van der Waals surface area contributed by atoms with E-state index in [0.717, 1.165) is 30.4 Å². The van der Waals surface area contributed by atoms with Crippen LogP contribution >= 0.6 is 0 Å². The van der Waals surface area contributed by atoms with Crippen molar-refractivity contribution in [1.82, 2.24) is 9.97 Å². The first-order chi connectivity index (χ1) is 9.47. The van der Waals surface area contributed by atoms with E-state index < -0.39 is 0 Å². The van der Waals surface area contributed by atoms with Gasteiger partial charge in [0.25, 0.3) is 0 Å². The molecule has 0 aliphatic rings. The van der Waals surface area contributed by atoms with Gasteiger partial charge in [-0.15, -0.1) is 0 Å². The molecule has 2 unspecified atom stereocenters. The molecule has 0 saturated carbocycles. The van der Waals surface area contributed by atoms with Crippen molar-refractivity contribution in [1.29, 1.82) is 0 Å². The number of hydrogen-bond donors (Lipinski definition) is 3. The highest BCUT2D eigenvalue weighted by Crippen LogP contribution is 2.18. The second-order valence-electron chi connectivity index (χ2n) is 5.67. The predicted octanol–water partition coefficient (Wildman–Crippen LogP) is 2.85. The summed E-state index contributed by atoms with van der Waals surface area (Å²) in [6, 6.07) is 2.09. The summed E-state index contributed by atoms with van der Waals surface area (Å²) >= 11 is 0. The van der Waals surface area contributed by atoms with Crippen LogP contribution in [0.1, 0.15) is 52.8 Å². The molecule has 114 valence electrons. The number of aliphatic hydroxyl groups is 1. The molecule has 0 aliphatic carbocycles. The van der Waals surface area contributed by atoms with E-state index in [9.17, 15) is 5.11 Å². The summed E-state index contributed by atoms with van der Waals surface area (Å²) in [5.41, 5.74) is 0. The van der Waals surface area contributed by atoms with Gasteiger partial charge in [-0.2, -0.15) is 0 Å². The quantitative estimate of drug-likeness (QED) is 0.683. The molecule has 1 aromatic heterocycles. The topological polar surface area (TPSA) is 70.1 Å². The molecule has 1 rings (SSSR count). The van der Waals surface area contributed by atoms with Crippen LogP contribution in [0.4, 0.5) is 11.6 Å². The zero-order valence-electron chi connectivity index (χ0n) is 13.3. The lowest BCUT2D eigenvalue weighted by Gasteiger charge is -2.21. The molecule has 0 spiro atoms. The van der Waals surface area contributed by atoms with Crippen LogP contribution in [0.25, 0.3) is 0 Å². The van der Waals surface area contributed by atoms with Crippen LogP contribution in [0.3, 0.4) is 0 Å². The van der Waals surface area contributed by atoms with E-state index in [1.807, 2.05) is 13.0 Å². The van der Waals surface area contributed by atoms with Gasteiger partial charge in [0.2, 0.25) is 0 Å². The van der Waals surface area contributed by atoms with E-state index >= 15 is 0 Å². The van der Waals surface area contributed by atoms with Crippen molar-refractivity contribution in [2.24, 2.45) is 5.92 Å². The number of anilines is 2. The lowest BCUT2D eigenvalue weighted by Crippen LogP contribution is -2.27. The van der Waals surface area contributed by atoms with Crippen LogP contribution in [0.2, 0.25) is 0 Å². The Hall–Kier alpha value is -1.36. The smallest absolute Gasteiger partial charge is 0.135 e. The Morgan fingerprint density at radius 1 is 1.15 bits per heavy atom. The first-order valence-corrected chi connectivity index (χ1v) is 7.48. The average molecular weight is 280 g/mol. The van der Waals surface area contributed by atoms with Crippen molar-refractivity contribution in [3.63, 3.8) is 0 Å². The maximum absolute atomic E-state index is 9.21. The monoisotopic (exact) mass is 280 g/mol. The van der Waals surface area contributed by atoms with Crippen LogP contribution in [0.5, 0.6) is 0 Å². The molecule has 2 atom stereocenters. The molecule has 0 bridgehead atoms. The molecule has 1 heterocycles. The fourth-order valence-electron chi connectivity index (χ4n) is 1.68. The molecule has 0 amide bonds. The molecule has 1 aromatic rings. The number of nitrogens with zero attached hydrogens (tertiary/aromatic N) is 2. The van der Waals surface area contributed by atoms with E-state index in [-0.39, 0.29) is 24.5 Å². The maximum atomic E-state index is 9.21. The number of aromatic nitrogens is 2. The van der Waals surface area contributed by atoms with Gasteiger partial charge >= 0.3 is 0 Å². The van der Waals surface area contributed by atoms with Crippen LogP contribution in [0.15, 0.2) is 6.07 Å². The minimum atomic E-state index is 0.161. The molecule has 0 aromatic carbocycles. The van der Waals surface area contributed by atoms with Crippen LogP contribution in [-0.2, 0) is 0 Å². The largest absolute Gasteiger partial charge is 0.396 e. The molecular weight excluding hydrogens is 252 g/mol. The minimum absolute atomic E-state index is 0.161. The Labute approximate surface area is 122 Å². The Balaban J connectivity index is 2.90. The Morgan fingerprint density at radius 2 is 1.80 bits per heavy atom. The second-order valence-corrected chi connectivity index (χ2v) is 5.67. The van der Waals surface area contributed by atoms with Gasteiger partial charge < -0.3 is 15.7 Å². The van der Waals surface area contributed by atoms with Gasteiger partial charge in [-0.1, -0.05) is 27.7 Å². The van der Waals surface area contributed by atoms with Crippen molar-refractivity contribution in [2.45, 2.75) is 53.0 Å². The zero-order chi connectivity index (χ0) is 15.1. The third-order valence-corrected chi connectivity index (χ3v) is 3.33. The number of aliphatic hydroxyl groups excluding tert-OH is 1. The molecule has 0 fully saturated rings. The number of rotatable bonds is 8. The fourth-order valence-corrected chi connectivity index (χ4v) is 1.68. The molecule has 5 nitrogen and oxygen atoms in total. The summed E-state index contributed by atoms with van der Waals surface area (Å²) in [6.45, 7) is 11.4. The van der Waals surface area contributed by atoms with Crippen molar-refractivity contribution in [3.05, 3.63) is 11.9 Å². The average Bonchev–Trinajstić information content (AvgIpc) is 2.43. The summed E-state index contributed by atoms with van der Waals surface area (Å²) in [7, 11) is 0. The minimum Gasteiger partial charge on any atom is -0.396 e. The number of nitrogens with one attached hydrogen (secondary N) is 2. The van der Waals surface area contributed by atoms with Crippen LogP contribution in [-0.4, -0.2) is 34.3 Å². The summed E-state index contributed by atoms with van der Waals surface area (Å²) < 4.78 is 0. The van der Waals surface area contributed by atoms with Gasteiger partial charge in [0.1, 0.15) is 17.5 Å². The lowest BCUT2D eigenvalue weighted by atomic mass is 10.1. The first kappa shape index (κ1) is 16.7. The van der Waals surface area contributed by atoms with Crippen molar-refractivity contribution in [3.8, 4) is 0 Å². The van der Waals surface area contributed by atoms with Gasteiger partial charge in [-0.3, -0.25) is 0 Å². The molecule has 20 heavy (non-hydrogen) atoms. The summed E-state index contributed by atoms with van der Waals surface area (Å²) in [5, 5.41) is 15.9. The fraction of sp³-hybridized carbons (Fsp3) is 0.733. The molecule has 3 N–H and O–H groups in total. The van der Waals surface area contributed by atoms with Crippen LogP contribution in [0, 0.1) is 5.92 Å². The Morgan fingerprint density at radius 3 is 2.35 bits per heavy atom. The first-order valence-electron chi connectivity index (χ1n) is 7.48. The third kappa shape index (κ3) is 4.96. The normalized spacial score (nSPS) is 14.2. The lowest BCUT2D eigenvalue weighted by molar-refractivity contribution is 0.226. The molecule has 0 aliphatic heterocycles. The van der Waals surface area contributed by atoms with Gasteiger partial charge in [0.05, 0.1) is 0 Å². The Bertz CT molecular complexity index is 409. The van der Waals surface area contributed by atoms with Crippen molar-refractivity contribution >= 4 is 11.6 Å². The van der Waals surface area contributed by atoms with E-state index in [2.05, 4.69) is 48.3 Å². The molecule has 0 radical (unpaired) electrons. The predicted molar refractivity (Wildman–Crippen MR) is 84.2 cm³/mol. The highest BCUT2D eigenvalue weighted by molar-refractivity contribution is 5.48. The second kappa shape index (κ2) is 8.04. The SMILES string of the molecule is CCCNc1cc(NC(C)C(C)CO)nc(C(C)C)n1. The molecule has 5 heteroatoms. The summed E-state index contributed by atoms with van der Waals surface area (Å²) in [5.74, 6) is 2.97. The van der Waals surface area contributed by atoms with Gasteiger partial charge in [0.15, 0.2) is 0 Å². The van der Waals surface area contributed by atoms with Gasteiger partial charge in [-0.05, 0) is 19.3 Å². The highest BCUT2D eigenvalue weighted by Gasteiger charge is 2.13. The highest BCUT2D eigenvalue weighted by atomic mass is 16.3. The van der Waals surface area contributed by atoms with Crippen molar-refractivity contribution in [2.75, 3.05) is 23.8 Å².